The van der Waals surface area contributed by atoms with Gasteiger partial charge in [0.2, 0.25) is 0 Å². The highest BCUT2D eigenvalue weighted by Gasteiger charge is 2.19. The first-order valence-corrected chi connectivity index (χ1v) is 7.41. The van der Waals surface area contributed by atoms with E-state index in [0.717, 1.165) is 16.3 Å². The van der Waals surface area contributed by atoms with Gasteiger partial charge in [0, 0.05) is 11.8 Å². The monoisotopic (exact) mass is 307 g/mol. The number of carboxylic acid groups (broad SMARTS) is 1. The number of nitrogens with one attached hydrogen (secondary N) is 1. The lowest BCUT2D eigenvalue weighted by Crippen LogP contribution is -2.40. The van der Waals surface area contributed by atoms with Crippen molar-refractivity contribution in [2.24, 2.45) is 0 Å². The molecule has 0 heterocycles. The lowest BCUT2D eigenvalue weighted by atomic mass is 10.1. The number of carbonyl (C=O) groups is 1. The van der Waals surface area contributed by atoms with Crippen molar-refractivity contribution in [1.82, 2.24) is 5.48 Å². The van der Waals surface area contributed by atoms with Crippen LogP contribution in [0.1, 0.15) is 5.56 Å². The van der Waals surface area contributed by atoms with Crippen molar-refractivity contribution in [2.45, 2.75) is 12.5 Å². The van der Waals surface area contributed by atoms with Gasteiger partial charge in [0.15, 0.2) is 5.75 Å². The standard InChI is InChI=1S/C19H17NO3/c21-19(22)17(13-14-7-2-1-3-8-14)20-23-18-12-6-10-15-9-4-5-11-16(15)18/h1-12,17,20H,13H2,(H,21,22)/t17-/m0/s1. The SMILES string of the molecule is O=C(O)[C@H](Cc1ccccc1)NOc1cccc2ccccc12. The molecular formula is C19H17NO3. The normalized spacial score (nSPS) is 12.0. The lowest BCUT2D eigenvalue weighted by molar-refractivity contribution is -0.141. The molecule has 2 N–H and O–H groups in total. The predicted molar refractivity (Wildman–Crippen MR) is 89.3 cm³/mol. The summed E-state index contributed by atoms with van der Waals surface area (Å²) in [5.74, 6) is -0.337. The summed E-state index contributed by atoms with van der Waals surface area (Å²) in [5, 5.41) is 11.4. The molecule has 23 heavy (non-hydrogen) atoms. The molecule has 4 nitrogen and oxygen atoms in total. The minimum absolute atomic E-state index is 0.348. The van der Waals surface area contributed by atoms with Gasteiger partial charge < -0.3 is 9.94 Å². The number of hydroxylamine groups is 1. The first kappa shape index (κ1) is 15.1. The lowest BCUT2D eigenvalue weighted by Gasteiger charge is -2.16. The van der Waals surface area contributed by atoms with Crippen LogP contribution >= 0.6 is 0 Å². The van der Waals surface area contributed by atoms with Crippen molar-refractivity contribution in [3.8, 4) is 5.75 Å². The Labute approximate surface area is 134 Å². The molecule has 3 rings (SSSR count). The Hall–Kier alpha value is -2.85. The quantitative estimate of drug-likeness (QED) is 0.685. The largest absolute Gasteiger partial charge is 0.480 e. The number of aliphatic carboxylic acids is 1. The van der Waals surface area contributed by atoms with E-state index in [9.17, 15) is 9.90 Å². The Bertz CT molecular complexity index is 797. The van der Waals surface area contributed by atoms with Crippen LogP contribution in [0.4, 0.5) is 0 Å². The van der Waals surface area contributed by atoms with Gasteiger partial charge in [-0.05, 0) is 17.0 Å². The van der Waals surface area contributed by atoms with Crippen molar-refractivity contribution in [3.63, 3.8) is 0 Å². The van der Waals surface area contributed by atoms with Gasteiger partial charge in [-0.15, -0.1) is 5.48 Å². The van der Waals surface area contributed by atoms with E-state index < -0.39 is 12.0 Å². The zero-order chi connectivity index (χ0) is 16.1. The molecule has 116 valence electrons. The molecule has 4 heteroatoms. The van der Waals surface area contributed by atoms with Crippen molar-refractivity contribution < 1.29 is 14.7 Å². The Morgan fingerprint density at radius 2 is 1.65 bits per heavy atom. The van der Waals surface area contributed by atoms with Crippen molar-refractivity contribution in [3.05, 3.63) is 78.4 Å². The van der Waals surface area contributed by atoms with Gasteiger partial charge in [-0.2, -0.15) is 0 Å². The Balaban J connectivity index is 1.75. The van der Waals surface area contributed by atoms with Crippen LogP contribution < -0.4 is 10.3 Å². The van der Waals surface area contributed by atoms with E-state index in [-0.39, 0.29) is 0 Å². The number of fused-ring (bicyclic) bond motifs is 1. The van der Waals surface area contributed by atoms with Crippen LogP contribution in [-0.2, 0) is 11.2 Å². The van der Waals surface area contributed by atoms with Gasteiger partial charge in [-0.1, -0.05) is 66.7 Å². The zero-order valence-corrected chi connectivity index (χ0v) is 12.5. The van der Waals surface area contributed by atoms with Gasteiger partial charge in [0.05, 0.1) is 0 Å². The number of benzene rings is 3. The molecule has 3 aromatic rings. The predicted octanol–water partition coefficient (Wildman–Crippen LogP) is 3.42. The first-order chi connectivity index (χ1) is 11.2. The van der Waals surface area contributed by atoms with E-state index in [0.29, 0.717) is 12.2 Å². The summed E-state index contributed by atoms with van der Waals surface area (Å²) in [6.45, 7) is 0. The van der Waals surface area contributed by atoms with E-state index in [4.69, 9.17) is 4.84 Å². The summed E-state index contributed by atoms with van der Waals surface area (Å²) < 4.78 is 0. The maximum absolute atomic E-state index is 11.4. The third-order valence-corrected chi connectivity index (χ3v) is 3.64. The molecule has 3 aromatic carbocycles. The molecule has 0 aliphatic carbocycles. The summed E-state index contributed by atoms with van der Waals surface area (Å²) in [5.41, 5.74) is 3.62. The van der Waals surface area contributed by atoms with Crippen molar-refractivity contribution in [2.75, 3.05) is 0 Å². The molecule has 1 atom stereocenters. The van der Waals surface area contributed by atoms with Crippen LogP contribution in [0, 0.1) is 0 Å². The highest BCUT2D eigenvalue weighted by molar-refractivity contribution is 5.88. The van der Waals surface area contributed by atoms with E-state index >= 15 is 0 Å². The van der Waals surface area contributed by atoms with Gasteiger partial charge in [-0.25, -0.2) is 0 Å². The van der Waals surface area contributed by atoms with Crippen LogP contribution in [-0.4, -0.2) is 17.1 Å². The van der Waals surface area contributed by atoms with Crippen LogP contribution in [0.5, 0.6) is 5.75 Å². The second-order valence-corrected chi connectivity index (χ2v) is 5.28. The molecule has 0 aromatic heterocycles. The Morgan fingerprint density at radius 3 is 2.43 bits per heavy atom. The summed E-state index contributed by atoms with van der Waals surface area (Å²) >= 11 is 0. The summed E-state index contributed by atoms with van der Waals surface area (Å²) in [6.07, 6.45) is 0.348. The van der Waals surface area contributed by atoms with E-state index in [1.807, 2.05) is 72.8 Å². The molecule has 0 aliphatic rings. The Kier molecular flexibility index (Phi) is 4.54. The average Bonchev–Trinajstić information content (AvgIpc) is 2.59. The fraction of sp³-hybridized carbons (Fsp3) is 0.105. The number of hydrogen-bond acceptors (Lipinski definition) is 3. The molecule has 0 saturated carbocycles. The van der Waals surface area contributed by atoms with E-state index in [1.165, 1.54) is 0 Å². The molecule has 0 fully saturated rings. The highest BCUT2D eigenvalue weighted by Crippen LogP contribution is 2.24. The smallest absolute Gasteiger partial charge is 0.324 e. The van der Waals surface area contributed by atoms with Gasteiger partial charge in [-0.3, -0.25) is 4.79 Å². The number of carboxylic acids is 1. The third kappa shape index (κ3) is 3.67. The minimum Gasteiger partial charge on any atom is -0.480 e. The molecule has 0 radical (unpaired) electrons. The van der Waals surface area contributed by atoms with E-state index in [1.54, 1.807) is 0 Å². The first-order valence-electron chi connectivity index (χ1n) is 7.41. The molecular weight excluding hydrogens is 290 g/mol. The maximum Gasteiger partial charge on any atom is 0.324 e. The summed E-state index contributed by atoms with van der Waals surface area (Å²) in [6, 6.07) is 22.1. The molecule has 0 spiro atoms. The highest BCUT2D eigenvalue weighted by atomic mass is 16.6. The second-order valence-electron chi connectivity index (χ2n) is 5.28. The van der Waals surface area contributed by atoms with Crippen molar-refractivity contribution >= 4 is 16.7 Å². The number of hydrogen-bond donors (Lipinski definition) is 2. The van der Waals surface area contributed by atoms with Crippen molar-refractivity contribution in [1.29, 1.82) is 0 Å². The van der Waals surface area contributed by atoms with Crippen LogP contribution in [0.15, 0.2) is 72.8 Å². The fourth-order valence-electron chi connectivity index (χ4n) is 2.45. The molecule has 0 aliphatic heterocycles. The topological polar surface area (TPSA) is 58.6 Å². The third-order valence-electron chi connectivity index (χ3n) is 3.64. The van der Waals surface area contributed by atoms with E-state index in [2.05, 4.69) is 5.48 Å². The Morgan fingerprint density at radius 1 is 0.957 bits per heavy atom. The van der Waals surface area contributed by atoms with Crippen LogP contribution in [0.3, 0.4) is 0 Å². The average molecular weight is 307 g/mol. The summed E-state index contributed by atoms with van der Waals surface area (Å²) in [4.78, 5) is 17.0. The number of rotatable bonds is 6. The molecule has 0 bridgehead atoms. The van der Waals surface area contributed by atoms with Crippen LogP contribution in [0.2, 0.25) is 0 Å². The summed E-state index contributed by atoms with van der Waals surface area (Å²) in [7, 11) is 0. The fourth-order valence-corrected chi connectivity index (χ4v) is 2.45. The van der Waals surface area contributed by atoms with Gasteiger partial charge >= 0.3 is 5.97 Å². The molecule has 0 unspecified atom stereocenters. The second kappa shape index (κ2) is 6.94. The van der Waals surface area contributed by atoms with Gasteiger partial charge in [0.25, 0.3) is 0 Å². The molecule has 0 saturated heterocycles. The van der Waals surface area contributed by atoms with Gasteiger partial charge in [0.1, 0.15) is 6.04 Å². The maximum atomic E-state index is 11.4. The zero-order valence-electron chi connectivity index (χ0n) is 12.5. The van der Waals surface area contributed by atoms with Crippen LogP contribution in [0.25, 0.3) is 10.8 Å². The minimum atomic E-state index is -0.950. The molecule has 0 amide bonds.